The third-order valence-electron chi connectivity index (χ3n) is 4.36. The van der Waals surface area contributed by atoms with Crippen molar-refractivity contribution in [1.82, 2.24) is 14.8 Å². The molecule has 0 unspecified atom stereocenters. The van der Waals surface area contributed by atoms with Crippen LogP contribution in [0.3, 0.4) is 0 Å². The van der Waals surface area contributed by atoms with Gasteiger partial charge in [-0.05, 0) is 25.0 Å². The highest BCUT2D eigenvalue weighted by molar-refractivity contribution is 5.92. The molecule has 1 amide bonds. The number of nitrogens with one attached hydrogen (secondary N) is 1. The summed E-state index contributed by atoms with van der Waals surface area (Å²) < 4.78 is 5.40. The summed E-state index contributed by atoms with van der Waals surface area (Å²) in [6, 6.07) is 4.06. The largest absolute Gasteiger partial charge is 0.390 e. The maximum Gasteiger partial charge on any atom is 0.270 e. The summed E-state index contributed by atoms with van der Waals surface area (Å²) in [4.78, 5) is 19.4. The van der Waals surface area contributed by atoms with Crippen LogP contribution in [0.2, 0.25) is 0 Å². The van der Waals surface area contributed by atoms with E-state index in [1.165, 1.54) is 0 Å². The normalized spacial score (nSPS) is 25.8. The second-order valence-corrected chi connectivity index (χ2v) is 5.83. The lowest BCUT2D eigenvalue weighted by atomic mass is 10.1. The Labute approximate surface area is 124 Å². The average molecular weight is 293 g/mol. The first kappa shape index (κ1) is 14.6. The molecule has 6 heteroatoms. The molecular weight excluding hydrogens is 270 g/mol. The van der Waals surface area contributed by atoms with Crippen LogP contribution in [0.5, 0.6) is 0 Å². The van der Waals surface area contributed by atoms with E-state index in [1.54, 1.807) is 17.2 Å². The van der Waals surface area contributed by atoms with Crippen LogP contribution >= 0.6 is 0 Å². The molecule has 0 radical (unpaired) electrons. The van der Waals surface area contributed by atoms with Gasteiger partial charge in [-0.2, -0.15) is 0 Å². The highest BCUT2D eigenvalue weighted by Crippen LogP contribution is 2.17. The van der Waals surface area contributed by atoms with Crippen molar-refractivity contribution in [3.8, 4) is 0 Å². The van der Waals surface area contributed by atoms with Gasteiger partial charge >= 0.3 is 0 Å². The number of H-pyrrole nitrogens is 1. The van der Waals surface area contributed by atoms with E-state index in [-0.39, 0.29) is 5.91 Å². The zero-order valence-electron chi connectivity index (χ0n) is 12.2. The van der Waals surface area contributed by atoms with Crippen molar-refractivity contribution >= 4 is 5.91 Å². The summed E-state index contributed by atoms with van der Waals surface area (Å²) >= 11 is 0. The minimum atomic E-state index is -0.491. The molecule has 2 N–H and O–H groups in total. The lowest BCUT2D eigenvalue weighted by molar-refractivity contribution is 0.0217. The number of aliphatic hydroxyl groups excluding tert-OH is 1. The van der Waals surface area contributed by atoms with E-state index in [4.69, 9.17) is 4.74 Å². The molecule has 1 aromatic heterocycles. The van der Waals surface area contributed by atoms with Crippen molar-refractivity contribution in [2.45, 2.75) is 25.0 Å². The fourth-order valence-corrected chi connectivity index (χ4v) is 3.21. The Morgan fingerprint density at radius 1 is 1.29 bits per heavy atom. The van der Waals surface area contributed by atoms with Gasteiger partial charge in [-0.25, -0.2) is 0 Å². The van der Waals surface area contributed by atoms with Gasteiger partial charge in [-0.3, -0.25) is 9.69 Å². The molecule has 0 aliphatic carbocycles. The molecule has 1 aromatic rings. The van der Waals surface area contributed by atoms with Crippen molar-refractivity contribution in [1.29, 1.82) is 0 Å². The average Bonchev–Trinajstić information content (AvgIpc) is 2.97. The van der Waals surface area contributed by atoms with Crippen LogP contribution in [0.1, 0.15) is 23.3 Å². The molecule has 2 saturated heterocycles. The smallest absolute Gasteiger partial charge is 0.270 e. The molecular formula is C15H23N3O3. The summed E-state index contributed by atoms with van der Waals surface area (Å²) in [5.74, 6) is -0.0344. The number of carbonyl (C=O) groups excluding carboxylic acids is 1. The van der Waals surface area contributed by atoms with Crippen LogP contribution in [0.15, 0.2) is 18.3 Å². The van der Waals surface area contributed by atoms with Crippen molar-refractivity contribution in [3.05, 3.63) is 24.0 Å². The van der Waals surface area contributed by atoms with E-state index in [0.29, 0.717) is 31.4 Å². The Balaban J connectivity index is 1.63. The zero-order chi connectivity index (χ0) is 14.7. The molecule has 0 aromatic carbocycles. The predicted octanol–water partition coefficient (Wildman–Crippen LogP) is 0.312. The van der Waals surface area contributed by atoms with Gasteiger partial charge < -0.3 is 19.7 Å². The molecule has 0 bridgehead atoms. The first-order valence-corrected chi connectivity index (χ1v) is 7.66. The van der Waals surface area contributed by atoms with Crippen LogP contribution in [-0.4, -0.2) is 77.3 Å². The van der Waals surface area contributed by atoms with Gasteiger partial charge in [0.25, 0.3) is 5.91 Å². The van der Waals surface area contributed by atoms with E-state index in [1.807, 2.05) is 6.07 Å². The predicted molar refractivity (Wildman–Crippen MR) is 78.1 cm³/mol. The number of amides is 1. The molecule has 2 fully saturated rings. The maximum atomic E-state index is 12.4. The number of hydrogen-bond acceptors (Lipinski definition) is 4. The molecule has 0 spiro atoms. The highest BCUT2D eigenvalue weighted by atomic mass is 16.5. The fourth-order valence-electron chi connectivity index (χ4n) is 3.21. The molecule has 2 aliphatic heterocycles. The lowest BCUT2D eigenvalue weighted by Gasteiger charge is -2.33. The Morgan fingerprint density at radius 2 is 2.10 bits per heavy atom. The van der Waals surface area contributed by atoms with E-state index in [9.17, 15) is 9.90 Å². The van der Waals surface area contributed by atoms with Gasteiger partial charge in [0.05, 0.1) is 6.10 Å². The Bertz CT molecular complexity index is 457. The Hall–Kier alpha value is -1.37. The monoisotopic (exact) mass is 293 g/mol. The van der Waals surface area contributed by atoms with Gasteiger partial charge in [0, 0.05) is 51.6 Å². The first-order chi connectivity index (χ1) is 10.2. The van der Waals surface area contributed by atoms with E-state index >= 15 is 0 Å². The summed E-state index contributed by atoms with van der Waals surface area (Å²) in [6.07, 6.45) is 3.28. The van der Waals surface area contributed by atoms with Crippen molar-refractivity contribution in [2.24, 2.45) is 0 Å². The topological polar surface area (TPSA) is 68.8 Å². The molecule has 21 heavy (non-hydrogen) atoms. The van der Waals surface area contributed by atoms with Gasteiger partial charge in [-0.15, -0.1) is 0 Å². The molecule has 3 heterocycles. The third kappa shape index (κ3) is 3.45. The second-order valence-electron chi connectivity index (χ2n) is 5.83. The molecule has 2 aliphatic rings. The van der Waals surface area contributed by atoms with Crippen molar-refractivity contribution in [2.75, 3.05) is 39.4 Å². The zero-order valence-corrected chi connectivity index (χ0v) is 12.2. The number of aromatic amines is 1. The number of β-amino-alcohol motifs (C(OH)–C–C–N with tert-alkyl or cyclic N) is 1. The van der Waals surface area contributed by atoms with Crippen molar-refractivity contribution < 1.29 is 14.6 Å². The van der Waals surface area contributed by atoms with E-state index in [2.05, 4.69) is 9.88 Å². The number of rotatable bonds is 2. The Morgan fingerprint density at radius 3 is 2.81 bits per heavy atom. The number of hydrogen-bond donors (Lipinski definition) is 2. The molecule has 0 saturated carbocycles. The van der Waals surface area contributed by atoms with Crippen LogP contribution < -0.4 is 0 Å². The van der Waals surface area contributed by atoms with Crippen LogP contribution in [-0.2, 0) is 4.74 Å². The third-order valence-corrected chi connectivity index (χ3v) is 4.36. The van der Waals surface area contributed by atoms with Gasteiger partial charge in [0.2, 0.25) is 0 Å². The lowest BCUT2D eigenvalue weighted by Crippen LogP contribution is -2.43. The number of ether oxygens (including phenoxy) is 1. The van der Waals surface area contributed by atoms with Crippen LogP contribution in [0.25, 0.3) is 0 Å². The quantitative estimate of drug-likeness (QED) is 0.823. The number of aliphatic hydroxyl groups is 1. The maximum absolute atomic E-state index is 12.4. The van der Waals surface area contributed by atoms with Gasteiger partial charge in [0.15, 0.2) is 0 Å². The minimum absolute atomic E-state index is 0.0344. The van der Waals surface area contributed by atoms with Crippen molar-refractivity contribution in [3.63, 3.8) is 0 Å². The van der Waals surface area contributed by atoms with E-state index < -0.39 is 6.10 Å². The SMILES string of the molecule is O=C(c1ccc[nH]1)N1CCN(C2CCOCC2)C[C@@H](O)C1. The van der Waals surface area contributed by atoms with E-state index in [0.717, 1.165) is 32.6 Å². The summed E-state index contributed by atoms with van der Waals surface area (Å²) in [5.41, 5.74) is 0.585. The number of nitrogens with zero attached hydrogens (tertiary/aromatic N) is 2. The number of carbonyl (C=O) groups is 1. The molecule has 116 valence electrons. The summed E-state index contributed by atoms with van der Waals surface area (Å²) in [7, 11) is 0. The first-order valence-electron chi connectivity index (χ1n) is 7.66. The summed E-state index contributed by atoms with van der Waals surface area (Å²) in [6.45, 7) is 4.10. The Kier molecular flexibility index (Phi) is 4.57. The standard InChI is InChI=1S/C15H23N3O3/c19-13-10-17(12-3-8-21-9-4-12)6-7-18(11-13)15(20)14-2-1-5-16-14/h1-2,5,12-13,16,19H,3-4,6-11H2/t13-/m1/s1. The minimum Gasteiger partial charge on any atom is -0.390 e. The van der Waals surface area contributed by atoms with Crippen LogP contribution in [0.4, 0.5) is 0 Å². The molecule has 6 nitrogen and oxygen atoms in total. The summed E-state index contributed by atoms with van der Waals surface area (Å²) in [5, 5.41) is 10.2. The van der Waals surface area contributed by atoms with Gasteiger partial charge in [-0.1, -0.05) is 0 Å². The second kappa shape index (κ2) is 6.60. The molecule has 3 rings (SSSR count). The number of aromatic nitrogens is 1. The van der Waals surface area contributed by atoms with Gasteiger partial charge in [0.1, 0.15) is 5.69 Å². The highest BCUT2D eigenvalue weighted by Gasteiger charge is 2.29. The fraction of sp³-hybridized carbons (Fsp3) is 0.667. The molecule has 1 atom stereocenters. The van der Waals surface area contributed by atoms with Crippen LogP contribution in [0, 0.1) is 0 Å².